The van der Waals surface area contributed by atoms with Crippen molar-refractivity contribution in [1.82, 2.24) is 19.5 Å². The molecule has 3 aliphatic heterocycles. The van der Waals surface area contributed by atoms with Gasteiger partial charge in [-0.3, -0.25) is 4.57 Å². The van der Waals surface area contributed by atoms with Gasteiger partial charge in [-0.15, -0.1) is 0 Å². The molecule has 3 saturated heterocycles. The summed E-state index contributed by atoms with van der Waals surface area (Å²) in [5, 5.41) is 0.159. The largest absolute Gasteiger partial charge is 0.374 e. The molecule has 0 aliphatic carbocycles. The van der Waals surface area contributed by atoms with Crippen LogP contribution in [-0.4, -0.2) is 75.3 Å². The summed E-state index contributed by atoms with van der Waals surface area (Å²) in [5.74, 6) is -1.58. The van der Waals surface area contributed by atoms with Gasteiger partial charge >= 0.3 is 0 Å². The quantitative estimate of drug-likeness (QED) is 0.668. The molecule has 6 atom stereocenters. The molecule has 2 aromatic rings. The lowest BCUT2D eigenvalue weighted by molar-refractivity contribution is -0.332. The van der Waals surface area contributed by atoms with Crippen LogP contribution in [0.3, 0.4) is 0 Å². The number of anilines is 1. The fourth-order valence-corrected chi connectivity index (χ4v) is 4.73. The summed E-state index contributed by atoms with van der Waals surface area (Å²) < 4.78 is 38.8. The van der Waals surface area contributed by atoms with Crippen LogP contribution in [0.1, 0.15) is 33.9 Å². The van der Waals surface area contributed by atoms with E-state index in [4.69, 9.17) is 45.8 Å². The highest BCUT2D eigenvalue weighted by Gasteiger charge is 2.59. The fraction of sp³-hybridized carbons (Fsp3) is 0.737. The third-order valence-electron chi connectivity index (χ3n) is 5.73. The van der Waals surface area contributed by atoms with Crippen molar-refractivity contribution in [2.45, 2.75) is 76.0 Å². The number of nitrogens with zero attached hydrogens (tertiary/aromatic N) is 4. The number of methoxy groups -OCH3 is 1. The van der Waals surface area contributed by atoms with Crippen LogP contribution < -0.4 is 5.73 Å². The van der Waals surface area contributed by atoms with Crippen LogP contribution in [0, 0.1) is 0 Å². The summed E-state index contributed by atoms with van der Waals surface area (Å²) in [4.78, 5) is 12.7. The average Bonchev–Trinajstić information content (AvgIpc) is 3.20. The van der Waals surface area contributed by atoms with Crippen molar-refractivity contribution in [2.24, 2.45) is 0 Å². The molecule has 5 rings (SSSR count). The lowest BCUT2D eigenvalue weighted by Crippen LogP contribution is -2.55. The topological polar surface area (TPSA) is 125 Å². The molecule has 5 heterocycles. The number of ether oxygens (including phenoxy) is 6. The molecule has 2 aromatic heterocycles. The SMILES string of the molecule is COC1C(n2cnc3c(Cl)nc(N)nc32)OC2COC(C)(C)O[C@@H]2C2OC(C)(C)O[C@@H]12. The van der Waals surface area contributed by atoms with Crippen LogP contribution in [0.4, 0.5) is 5.95 Å². The van der Waals surface area contributed by atoms with Gasteiger partial charge in [0.05, 0.1) is 12.9 Å². The van der Waals surface area contributed by atoms with Crippen molar-refractivity contribution in [2.75, 3.05) is 19.5 Å². The summed E-state index contributed by atoms with van der Waals surface area (Å²) in [7, 11) is 1.60. The number of nitrogens with two attached hydrogens (primary N) is 1. The van der Waals surface area contributed by atoms with Gasteiger partial charge in [-0.1, -0.05) is 11.6 Å². The maximum absolute atomic E-state index is 6.49. The maximum Gasteiger partial charge on any atom is 0.223 e. The zero-order chi connectivity index (χ0) is 22.1. The molecule has 0 bridgehead atoms. The Morgan fingerprint density at radius 1 is 1.10 bits per heavy atom. The van der Waals surface area contributed by atoms with E-state index >= 15 is 0 Å². The molecule has 31 heavy (non-hydrogen) atoms. The van der Waals surface area contributed by atoms with Crippen molar-refractivity contribution >= 4 is 28.7 Å². The summed E-state index contributed by atoms with van der Waals surface area (Å²) in [6.07, 6.45) is -1.49. The van der Waals surface area contributed by atoms with E-state index in [2.05, 4.69) is 15.0 Å². The Hall–Kier alpha value is -1.60. The molecule has 0 radical (unpaired) electrons. The highest BCUT2D eigenvalue weighted by molar-refractivity contribution is 6.33. The molecular formula is C19H26ClN5O6. The number of fused-ring (bicyclic) bond motifs is 4. The molecule has 3 aliphatic rings. The predicted molar refractivity (Wildman–Crippen MR) is 108 cm³/mol. The van der Waals surface area contributed by atoms with Gasteiger partial charge in [-0.25, -0.2) is 4.98 Å². The van der Waals surface area contributed by atoms with E-state index < -0.39 is 48.3 Å². The number of rotatable bonds is 2. The van der Waals surface area contributed by atoms with Crippen LogP contribution in [-0.2, 0) is 28.4 Å². The Labute approximate surface area is 184 Å². The Bertz CT molecular complexity index is 1000. The van der Waals surface area contributed by atoms with E-state index in [1.165, 1.54) is 0 Å². The molecule has 170 valence electrons. The Kier molecular flexibility index (Phi) is 4.94. The minimum atomic E-state index is -0.822. The smallest absolute Gasteiger partial charge is 0.223 e. The lowest BCUT2D eigenvalue weighted by atomic mass is 9.99. The van der Waals surface area contributed by atoms with E-state index in [0.717, 1.165) is 0 Å². The van der Waals surface area contributed by atoms with Gasteiger partial charge in [0.2, 0.25) is 5.95 Å². The van der Waals surface area contributed by atoms with Crippen LogP contribution in [0.2, 0.25) is 5.15 Å². The highest BCUT2D eigenvalue weighted by Crippen LogP contribution is 2.44. The summed E-state index contributed by atoms with van der Waals surface area (Å²) in [6, 6.07) is 0. The molecule has 0 amide bonds. The molecule has 3 fully saturated rings. The first-order chi connectivity index (χ1) is 14.6. The van der Waals surface area contributed by atoms with Gasteiger partial charge in [0.1, 0.15) is 36.0 Å². The summed E-state index contributed by atoms with van der Waals surface area (Å²) >= 11 is 6.22. The van der Waals surface area contributed by atoms with Crippen molar-refractivity contribution in [3.05, 3.63) is 11.5 Å². The molecule has 4 unspecified atom stereocenters. The molecule has 0 aromatic carbocycles. The summed E-state index contributed by atoms with van der Waals surface area (Å²) in [6.45, 7) is 7.76. The maximum atomic E-state index is 6.49. The van der Waals surface area contributed by atoms with Crippen LogP contribution in [0.25, 0.3) is 11.2 Å². The van der Waals surface area contributed by atoms with Crippen molar-refractivity contribution < 1.29 is 28.4 Å². The number of nitrogen functional groups attached to an aromatic ring is 1. The molecule has 0 saturated carbocycles. The Morgan fingerprint density at radius 2 is 1.81 bits per heavy atom. The Morgan fingerprint density at radius 3 is 2.55 bits per heavy atom. The normalized spacial score (nSPS) is 36.7. The minimum absolute atomic E-state index is 0.0326. The number of hydrogen-bond acceptors (Lipinski definition) is 10. The van der Waals surface area contributed by atoms with E-state index in [9.17, 15) is 0 Å². The first-order valence-electron chi connectivity index (χ1n) is 10.1. The first-order valence-corrected chi connectivity index (χ1v) is 10.5. The molecule has 11 nitrogen and oxygen atoms in total. The predicted octanol–water partition coefficient (Wildman–Crippen LogP) is 1.65. The molecule has 0 spiro atoms. The number of hydrogen-bond donors (Lipinski definition) is 1. The van der Waals surface area contributed by atoms with Crippen LogP contribution in [0.5, 0.6) is 0 Å². The molecule has 12 heteroatoms. The van der Waals surface area contributed by atoms with E-state index in [0.29, 0.717) is 17.8 Å². The number of halogens is 1. The third-order valence-corrected chi connectivity index (χ3v) is 5.99. The average molecular weight is 456 g/mol. The molecule has 2 N–H and O–H groups in total. The third kappa shape index (κ3) is 3.58. The van der Waals surface area contributed by atoms with Gasteiger partial charge in [0.15, 0.2) is 28.6 Å². The molecular weight excluding hydrogens is 430 g/mol. The van der Waals surface area contributed by atoms with Crippen LogP contribution >= 0.6 is 11.6 Å². The van der Waals surface area contributed by atoms with Gasteiger partial charge < -0.3 is 34.2 Å². The zero-order valence-corrected chi connectivity index (χ0v) is 18.7. The van der Waals surface area contributed by atoms with Crippen molar-refractivity contribution in [3.8, 4) is 0 Å². The fourth-order valence-electron chi connectivity index (χ4n) is 4.51. The highest BCUT2D eigenvalue weighted by atomic mass is 35.5. The van der Waals surface area contributed by atoms with Gasteiger partial charge in [-0.2, -0.15) is 9.97 Å². The summed E-state index contributed by atoms with van der Waals surface area (Å²) in [5.41, 5.74) is 6.67. The second kappa shape index (κ2) is 7.20. The first kappa shape index (κ1) is 21.3. The second-order valence-electron chi connectivity index (χ2n) is 8.82. The van der Waals surface area contributed by atoms with E-state index in [1.807, 2.05) is 27.7 Å². The van der Waals surface area contributed by atoms with Crippen molar-refractivity contribution in [3.63, 3.8) is 0 Å². The lowest BCUT2D eigenvalue weighted by Gasteiger charge is -2.42. The number of aromatic nitrogens is 4. The number of imidazole rings is 1. The van der Waals surface area contributed by atoms with Crippen LogP contribution in [0.15, 0.2) is 6.33 Å². The van der Waals surface area contributed by atoms with Crippen molar-refractivity contribution in [1.29, 1.82) is 0 Å². The minimum Gasteiger partial charge on any atom is -0.374 e. The second-order valence-corrected chi connectivity index (χ2v) is 9.18. The van der Waals surface area contributed by atoms with E-state index in [1.54, 1.807) is 18.0 Å². The van der Waals surface area contributed by atoms with Gasteiger partial charge in [-0.05, 0) is 27.7 Å². The Balaban J connectivity index is 1.62. The van der Waals surface area contributed by atoms with Gasteiger partial charge in [0.25, 0.3) is 0 Å². The van der Waals surface area contributed by atoms with E-state index in [-0.39, 0.29) is 11.1 Å². The standard InChI is InChI=1S/C19H26ClN5O6/c1-18(2)27-6-8-10(29-18)11-12(31-19(3,4)30-11)13(26-5)16(28-8)25-7-22-9-14(20)23-17(21)24-15(9)25/h7-8,10-13,16H,6H2,1-5H3,(H2,21,23,24)/t8?,10-,11?,12+,13?,16?/m0/s1. The zero-order valence-electron chi connectivity index (χ0n) is 17.9. The van der Waals surface area contributed by atoms with Gasteiger partial charge in [0, 0.05) is 7.11 Å². The monoisotopic (exact) mass is 455 g/mol.